The van der Waals surface area contributed by atoms with Gasteiger partial charge in [0.15, 0.2) is 6.10 Å². The molecule has 0 bridgehead atoms. The SMILES string of the molecule is CC\C=C/C=C\C=C/C=C\CCCCCC(=O)OC(COC(=O)CCC/C=C\C/C=C\C/C=C\CCCCCCCC)COC(=O)CCCCCCCCCCCCCC. The van der Waals surface area contributed by atoms with Crippen molar-refractivity contribution in [2.24, 2.45) is 0 Å². The summed E-state index contributed by atoms with van der Waals surface area (Å²) in [6, 6.07) is 0. The minimum Gasteiger partial charge on any atom is -0.462 e. The number of esters is 3. The van der Waals surface area contributed by atoms with Gasteiger partial charge in [0.25, 0.3) is 0 Å². The highest BCUT2D eigenvalue weighted by atomic mass is 16.6. The van der Waals surface area contributed by atoms with Gasteiger partial charge in [-0.05, 0) is 70.6 Å². The van der Waals surface area contributed by atoms with E-state index in [0.717, 1.165) is 64.2 Å². The molecule has 60 heavy (non-hydrogen) atoms. The summed E-state index contributed by atoms with van der Waals surface area (Å²) >= 11 is 0. The summed E-state index contributed by atoms with van der Waals surface area (Å²) in [6.45, 7) is 6.40. The number of hydrogen-bond donors (Lipinski definition) is 0. The Hall–Kier alpha value is -3.41. The van der Waals surface area contributed by atoms with Crippen molar-refractivity contribution in [1.82, 2.24) is 0 Å². The van der Waals surface area contributed by atoms with Crippen molar-refractivity contribution in [3.05, 3.63) is 85.1 Å². The highest BCUT2D eigenvalue weighted by molar-refractivity contribution is 5.71. The zero-order chi connectivity index (χ0) is 43.7. The van der Waals surface area contributed by atoms with E-state index in [-0.39, 0.29) is 44.0 Å². The molecule has 342 valence electrons. The molecule has 0 saturated heterocycles. The quantitative estimate of drug-likeness (QED) is 0.0200. The largest absolute Gasteiger partial charge is 0.462 e. The van der Waals surface area contributed by atoms with Gasteiger partial charge in [-0.25, -0.2) is 0 Å². The Kier molecular flexibility index (Phi) is 45.5. The first-order valence-electron chi connectivity index (χ1n) is 24.6. The average Bonchev–Trinajstić information content (AvgIpc) is 3.24. The summed E-state index contributed by atoms with van der Waals surface area (Å²) in [5.41, 5.74) is 0. The van der Waals surface area contributed by atoms with Crippen LogP contribution in [-0.2, 0) is 28.6 Å². The molecule has 0 heterocycles. The highest BCUT2D eigenvalue weighted by Crippen LogP contribution is 2.14. The fourth-order valence-electron chi connectivity index (χ4n) is 6.53. The van der Waals surface area contributed by atoms with E-state index in [1.807, 2.05) is 36.5 Å². The molecular formula is C54H90O6. The van der Waals surface area contributed by atoms with Crippen LogP contribution in [-0.4, -0.2) is 37.2 Å². The van der Waals surface area contributed by atoms with Crippen molar-refractivity contribution in [1.29, 1.82) is 0 Å². The Morgan fingerprint density at radius 3 is 1.25 bits per heavy atom. The molecule has 1 atom stereocenters. The Balaban J connectivity index is 4.51. The van der Waals surface area contributed by atoms with E-state index >= 15 is 0 Å². The van der Waals surface area contributed by atoms with E-state index in [9.17, 15) is 14.4 Å². The van der Waals surface area contributed by atoms with Crippen molar-refractivity contribution in [2.45, 2.75) is 226 Å². The van der Waals surface area contributed by atoms with Gasteiger partial charge in [-0.3, -0.25) is 14.4 Å². The van der Waals surface area contributed by atoms with Crippen LogP contribution in [0.3, 0.4) is 0 Å². The molecule has 0 aliphatic carbocycles. The Labute approximate surface area is 369 Å². The van der Waals surface area contributed by atoms with Gasteiger partial charge in [0.2, 0.25) is 0 Å². The maximum atomic E-state index is 12.7. The highest BCUT2D eigenvalue weighted by Gasteiger charge is 2.19. The molecule has 0 saturated carbocycles. The number of ether oxygens (including phenoxy) is 3. The maximum absolute atomic E-state index is 12.7. The number of rotatable bonds is 43. The van der Waals surface area contributed by atoms with Crippen LogP contribution in [0, 0.1) is 0 Å². The van der Waals surface area contributed by atoms with E-state index in [2.05, 4.69) is 69.4 Å². The Bertz CT molecular complexity index is 1190. The van der Waals surface area contributed by atoms with Gasteiger partial charge in [0, 0.05) is 19.3 Å². The van der Waals surface area contributed by atoms with Gasteiger partial charge in [-0.15, -0.1) is 0 Å². The third kappa shape index (κ3) is 45.7. The maximum Gasteiger partial charge on any atom is 0.306 e. The molecule has 6 heteroatoms. The molecule has 0 aliphatic heterocycles. The van der Waals surface area contributed by atoms with E-state index in [1.165, 1.54) is 103 Å². The van der Waals surface area contributed by atoms with Crippen molar-refractivity contribution >= 4 is 17.9 Å². The second-order valence-electron chi connectivity index (χ2n) is 16.1. The van der Waals surface area contributed by atoms with E-state index < -0.39 is 6.10 Å². The zero-order valence-electron chi connectivity index (χ0n) is 38.9. The standard InChI is InChI=1S/C54H90O6/c1-4-7-10-13-16-19-22-25-26-27-28-30-32-35-38-41-44-47-53(56)59-50-51(49-58-52(55)46-43-40-37-34-31-24-21-18-15-12-9-6-3)60-54(57)48-45-42-39-36-33-29-23-20-17-14-11-8-5-2/h8,11,14,17,20,23,25-26,28-30,33,35,38,51H,4-7,9-10,12-13,15-16,18-19,21-22,24,27,31-32,34,36-37,39-50H2,1-3H3/b11-8-,17-14-,23-20-,26-25-,30-28-,33-29-,38-35-. The van der Waals surface area contributed by atoms with Gasteiger partial charge < -0.3 is 14.2 Å². The van der Waals surface area contributed by atoms with Crippen LogP contribution < -0.4 is 0 Å². The lowest BCUT2D eigenvalue weighted by Crippen LogP contribution is -2.30. The van der Waals surface area contributed by atoms with Crippen LogP contribution in [0.4, 0.5) is 0 Å². The number of carbonyl (C=O) groups excluding carboxylic acids is 3. The number of allylic oxidation sites excluding steroid dienone is 14. The van der Waals surface area contributed by atoms with Crippen molar-refractivity contribution in [3.8, 4) is 0 Å². The molecular weight excluding hydrogens is 745 g/mol. The number of hydrogen-bond acceptors (Lipinski definition) is 6. The van der Waals surface area contributed by atoms with Gasteiger partial charge in [-0.2, -0.15) is 0 Å². The van der Waals surface area contributed by atoms with Crippen LogP contribution in [0.25, 0.3) is 0 Å². The summed E-state index contributed by atoms with van der Waals surface area (Å²) in [5.74, 6) is -1.01. The van der Waals surface area contributed by atoms with E-state index in [1.54, 1.807) is 0 Å². The molecule has 0 spiro atoms. The van der Waals surface area contributed by atoms with Gasteiger partial charge in [0.1, 0.15) is 13.2 Å². The van der Waals surface area contributed by atoms with E-state index in [4.69, 9.17) is 14.2 Å². The fraction of sp³-hybridized carbons (Fsp3) is 0.685. The third-order valence-electron chi connectivity index (χ3n) is 10.2. The fourth-order valence-corrected chi connectivity index (χ4v) is 6.53. The van der Waals surface area contributed by atoms with Crippen LogP contribution >= 0.6 is 0 Å². The first kappa shape index (κ1) is 56.6. The van der Waals surface area contributed by atoms with Crippen molar-refractivity contribution < 1.29 is 28.6 Å². The molecule has 0 amide bonds. The summed E-state index contributed by atoms with van der Waals surface area (Å²) in [7, 11) is 0. The van der Waals surface area contributed by atoms with Crippen LogP contribution in [0.15, 0.2) is 85.1 Å². The Morgan fingerprint density at radius 2 is 0.733 bits per heavy atom. The van der Waals surface area contributed by atoms with Gasteiger partial charge >= 0.3 is 17.9 Å². The number of carbonyl (C=O) groups is 3. The minimum atomic E-state index is -0.814. The summed E-state index contributed by atoms with van der Waals surface area (Å²) in [6.07, 6.45) is 61.4. The molecule has 0 aliphatic rings. The first-order chi connectivity index (χ1) is 29.5. The molecule has 1 unspecified atom stereocenters. The molecule has 0 fully saturated rings. The molecule has 6 nitrogen and oxygen atoms in total. The topological polar surface area (TPSA) is 78.9 Å². The van der Waals surface area contributed by atoms with Crippen molar-refractivity contribution in [2.75, 3.05) is 13.2 Å². The molecule has 0 aromatic carbocycles. The summed E-state index contributed by atoms with van der Waals surface area (Å²) < 4.78 is 16.7. The lowest BCUT2D eigenvalue weighted by atomic mass is 10.0. The second-order valence-corrected chi connectivity index (χ2v) is 16.1. The first-order valence-corrected chi connectivity index (χ1v) is 24.6. The lowest BCUT2D eigenvalue weighted by molar-refractivity contribution is -0.167. The molecule has 0 rings (SSSR count). The van der Waals surface area contributed by atoms with E-state index in [0.29, 0.717) is 19.3 Å². The predicted octanol–water partition coefficient (Wildman–Crippen LogP) is 16.0. The molecule has 0 aromatic heterocycles. The smallest absolute Gasteiger partial charge is 0.306 e. The average molecular weight is 835 g/mol. The molecule has 0 radical (unpaired) electrons. The Morgan fingerprint density at radius 1 is 0.367 bits per heavy atom. The normalized spacial score (nSPS) is 12.8. The van der Waals surface area contributed by atoms with Crippen LogP contribution in [0.5, 0.6) is 0 Å². The molecule has 0 aromatic rings. The second kappa shape index (κ2) is 48.3. The summed E-state index contributed by atoms with van der Waals surface area (Å²) in [4.78, 5) is 37.8. The van der Waals surface area contributed by atoms with Crippen LogP contribution in [0.2, 0.25) is 0 Å². The minimum absolute atomic E-state index is 0.107. The zero-order valence-corrected chi connectivity index (χ0v) is 38.9. The van der Waals surface area contributed by atoms with Crippen molar-refractivity contribution in [3.63, 3.8) is 0 Å². The number of unbranched alkanes of at least 4 members (excludes halogenated alkanes) is 21. The van der Waals surface area contributed by atoms with Gasteiger partial charge in [0.05, 0.1) is 0 Å². The third-order valence-corrected chi connectivity index (χ3v) is 10.2. The van der Waals surface area contributed by atoms with Gasteiger partial charge in [-0.1, -0.05) is 215 Å². The molecule has 0 N–H and O–H groups in total. The predicted molar refractivity (Wildman–Crippen MR) is 256 cm³/mol. The summed E-state index contributed by atoms with van der Waals surface area (Å²) in [5, 5.41) is 0. The van der Waals surface area contributed by atoms with Crippen LogP contribution in [0.1, 0.15) is 220 Å². The lowest BCUT2D eigenvalue weighted by Gasteiger charge is -2.18. The monoisotopic (exact) mass is 835 g/mol.